The van der Waals surface area contributed by atoms with E-state index in [0.29, 0.717) is 12.1 Å². The highest BCUT2D eigenvalue weighted by molar-refractivity contribution is 4.74. The molecule has 1 saturated heterocycles. The van der Waals surface area contributed by atoms with E-state index < -0.39 is 0 Å². The van der Waals surface area contributed by atoms with Gasteiger partial charge in [0.25, 0.3) is 0 Å². The summed E-state index contributed by atoms with van der Waals surface area (Å²) in [4.78, 5) is 0. The van der Waals surface area contributed by atoms with E-state index in [9.17, 15) is 0 Å². The molecular formula is C7H16N2. The molecule has 1 aliphatic rings. The monoisotopic (exact) mass is 128 g/mol. The van der Waals surface area contributed by atoms with Gasteiger partial charge in [0.05, 0.1) is 0 Å². The molecule has 0 aromatic heterocycles. The first-order valence-electron chi connectivity index (χ1n) is 3.75. The van der Waals surface area contributed by atoms with E-state index in [2.05, 4.69) is 13.8 Å². The largest absolute Gasteiger partial charge is 0.268 e. The zero-order valence-corrected chi connectivity index (χ0v) is 6.30. The molecule has 0 saturated carbocycles. The molecule has 1 heterocycles. The van der Waals surface area contributed by atoms with Crippen LogP contribution < -0.4 is 5.84 Å². The van der Waals surface area contributed by atoms with Gasteiger partial charge in [0.2, 0.25) is 0 Å². The number of hydrazine groups is 1. The van der Waals surface area contributed by atoms with Crippen LogP contribution in [0.15, 0.2) is 0 Å². The Bertz CT molecular complexity index is 82.9. The molecule has 2 N–H and O–H groups in total. The van der Waals surface area contributed by atoms with Crippen molar-refractivity contribution in [2.75, 3.05) is 0 Å². The standard InChI is InChI=1S/C7H16N2/c1-6-4-3-5-7(2)9(6)8/h6-7H,3-5,8H2,1-2H3/t6-,7+. The number of nitrogens with zero attached hydrogens (tertiary/aromatic N) is 1. The van der Waals surface area contributed by atoms with Crippen molar-refractivity contribution in [2.24, 2.45) is 5.84 Å². The molecule has 1 rings (SSSR count). The fourth-order valence-corrected chi connectivity index (χ4v) is 1.44. The van der Waals surface area contributed by atoms with Gasteiger partial charge < -0.3 is 0 Å². The lowest BCUT2D eigenvalue weighted by Crippen LogP contribution is -2.48. The molecule has 1 aliphatic heterocycles. The molecule has 1 fully saturated rings. The summed E-state index contributed by atoms with van der Waals surface area (Å²) < 4.78 is 0. The van der Waals surface area contributed by atoms with Crippen LogP contribution in [0.5, 0.6) is 0 Å². The second-order valence-electron chi connectivity index (χ2n) is 3.08. The van der Waals surface area contributed by atoms with E-state index in [0.717, 1.165) is 0 Å². The minimum absolute atomic E-state index is 0.591. The van der Waals surface area contributed by atoms with Crippen molar-refractivity contribution in [3.8, 4) is 0 Å². The maximum Gasteiger partial charge on any atom is 0.0215 e. The molecule has 2 heteroatoms. The Hall–Kier alpha value is -0.0800. The zero-order chi connectivity index (χ0) is 6.85. The lowest BCUT2D eigenvalue weighted by Gasteiger charge is -2.34. The smallest absolute Gasteiger partial charge is 0.0215 e. The van der Waals surface area contributed by atoms with Crippen molar-refractivity contribution in [1.29, 1.82) is 0 Å². The molecule has 0 amide bonds. The Morgan fingerprint density at radius 2 is 1.67 bits per heavy atom. The predicted octanol–water partition coefficient (Wildman–Crippen LogP) is 1.12. The molecular weight excluding hydrogens is 112 g/mol. The van der Waals surface area contributed by atoms with E-state index in [1.54, 1.807) is 0 Å². The average molecular weight is 128 g/mol. The van der Waals surface area contributed by atoms with Gasteiger partial charge in [-0.15, -0.1) is 0 Å². The summed E-state index contributed by atoms with van der Waals surface area (Å²) in [5.74, 6) is 5.76. The highest BCUT2D eigenvalue weighted by Gasteiger charge is 2.20. The van der Waals surface area contributed by atoms with E-state index in [4.69, 9.17) is 5.84 Å². The van der Waals surface area contributed by atoms with Crippen LogP contribution in [0, 0.1) is 0 Å². The molecule has 0 radical (unpaired) electrons. The fraction of sp³-hybridized carbons (Fsp3) is 1.00. The van der Waals surface area contributed by atoms with Crippen molar-refractivity contribution < 1.29 is 0 Å². The van der Waals surface area contributed by atoms with Gasteiger partial charge in [-0.3, -0.25) is 5.84 Å². The number of rotatable bonds is 0. The van der Waals surface area contributed by atoms with Gasteiger partial charge in [-0.25, -0.2) is 5.01 Å². The van der Waals surface area contributed by atoms with Gasteiger partial charge in [-0.2, -0.15) is 0 Å². The van der Waals surface area contributed by atoms with Crippen molar-refractivity contribution in [1.82, 2.24) is 5.01 Å². The van der Waals surface area contributed by atoms with Crippen LogP contribution in [-0.4, -0.2) is 17.1 Å². The average Bonchev–Trinajstić information content (AvgIpc) is 1.83. The van der Waals surface area contributed by atoms with Gasteiger partial charge in [0.1, 0.15) is 0 Å². The predicted molar refractivity (Wildman–Crippen MR) is 38.8 cm³/mol. The summed E-state index contributed by atoms with van der Waals surface area (Å²) in [6.45, 7) is 4.38. The Balaban J connectivity index is 2.41. The van der Waals surface area contributed by atoms with Crippen LogP contribution in [-0.2, 0) is 0 Å². The lowest BCUT2D eigenvalue weighted by molar-refractivity contribution is 0.105. The summed E-state index contributed by atoms with van der Waals surface area (Å²) in [5, 5.41) is 1.98. The number of piperidine rings is 1. The molecule has 0 aromatic rings. The molecule has 0 aromatic carbocycles. The summed E-state index contributed by atoms with van der Waals surface area (Å²) in [7, 11) is 0. The molecule has 2 nitrogen and oxygen atoms in total. The van der Waals surface area contributed by atoms with Gasteiger partial charge in [-0.1, -0.05) is 6.42 Å². The third kappa shape index (κ3) is 1.43. The van der Waals surface area contributed by atoms with Gasteiger partial charge >= 0.3 is 0 Å². The molecule has 9 heavy (non-hydrogen) atoms. The molecule has 0 aliphatic carbocycles. The second-order valence-corrected chi connectivity index (χ2v) is 3.08. The topological polar surface area (TPSA) is 29.3 Å². The number of hydrogen-bond donors (Lipinski definition) is 1. The fourth-order valence-electron chi connectivity index (χ4n) is 1.44. The van der Waals surface area contributed by atoms with E-state index >= 15 is 0 Å². The molecule has 0 bridgehead atoms. The first kappa shape index (κ1) is 7.03. The van der Waals surface area contributed by atoms with Crippen LogP contribution >= 0.6 is 0 Å². The summed E-state index contributed by atoms with van der Waals surface area (Å²) in [5.41, 5.74) is 0. The van der Waals surface area contributed by atoms with Crippen LogP contribution in [0.4, 0.5) is 0 Å². The van der Waals surface area contributed by atoms with Crippen LogP contribution in [0.1, 0.15) is 33.1 Å². The third-order valence-electron chi connectivity index (χ3n) is 2.26. The SMILES string of the molecule is C[C@@H]1CCC[C@H](C)N1N. The van der Waals surface area contributed by atoms with Crippen molar-refractivity contribution >= 4 is 0 Å². The van der Waals surface area contributed by atoms with Gasteiger partial charge in [0.15, 0.2) is 0 Å². The lowest BCUT2D eigenvalue weighted by atomic mass is 10.0. The molecule has 0 unspecified atom stereocenters. The van der Waals surface area contributed by atoms with Crippen LogP contribution in [0.3, 0.4) is 0 Å². The molecule has 2 atom stereocenters. The van der Waals surface area contributed by atoms with Crippen molar-refractivity contribution in [3.63, 3.8) is 0 Å². The highest BCUT2D eigenvalue weighted by Crippen LogP contribution is 2.18. The van der Waals surface area contributed by atoms with Gasteiger partial charge in [0, 0.05) is 12.1 Å². The quantitative estimate of drug-likeness (QED) is 0.495. The number of hydrogen-bond acceptors (Lipinski definition) is 2. The minimum atomic E-state index is 0.591. The van der Waals surface area contributed by atoms with Crippen LogP contribution in [0.25, 0.3) is 0 Å². The Kier molecular flexibility index (Phi) is 2.09. The summed E-state index contributed by atoms with van der Waals surface area (Å²) in [6.07, 6.45) is 3.87. The second kappa shape index (κ2) is 2.67. The Morgan fingerprint density at radius 1 is 1.22 bits per heavy atom. The molecule has 54 valence electrons. The van der Waals surface area contributed by atoms with Crippen molar-refractivity contribution in [3.05, 3.63) is 0 Å². The van der Waals surface area contributed by atoms with Gasteiger partial charge in [-0.05, 0) is 26.7 Å². The molecule has 0 spiro atoms. The third-order valence-corrected chi connectivity index (χ3v) is 2.26. The first-order chi connectivity index (χ1) is 4.22. The summed E-state index contributed by atoms with van der Waals surface area (Å²) >= 11 is 0. The Morgan fingerprint density at radius 3 is 2.00 bits per heavy atom. The first-order valence-corrected chi connectivity index (χ1v) is 3.75. The number of nitrogens with two attached hydrogens (primary N) is 1. The minimum Gasteiger partial charge on any atom is -0.268 e. The van der Waals surface area contributed by atoms with Crippen LogP contribution in [0.2, 0.25) is 0 Å². The van der Waals surface area contributed by atoms with E-state index in [1.165, 1.54) is 19.3 Å². The van der Waals surface area contributed by atoms with E-state index in [-0.39, 0.29) is 0 Å². The highest BCUT2D eigenvalue weighted by atomic mass is 15.4. The van der Waals surface area contributed by atoms with Crippen molar-refractivity contribution in [2.45, 2.75) is 45.2 Å². The normalized spacial score (nSPS) is 39.0. The van der Waals surface area contributed by atoms with E-state index in [1.807, 2.05) is 5.01 Å². The maximum atomic E-state index is 5.76. The summed E-state index contributed by atoms with van der Waals surface area (Å²) in [6, 6.07) is 1.18. The zero-order valence-electron chi connectivity index (χ0n) is 6.30. The maximum absolute atomic E-state index is 5.76. The Labute approximate surface area is 57.0 Å².